The molecule has 0 aromatic rings. The number of hydrogen-bond donors (Lipinski definition) is 3. The highest BCUT2D eigenvalue weighted by molar-refractivity contribution is 5.94. The molecule has 0 heterocycles. The van der Waals surface area contributed by atoms with Gasteiger partial charge in [-0.05, 0) is 12.8 Å². The molecular formula is C7H10F3N3O2. The number of alkyl halides is 3. The molecule has 0 aromatic carbocycles. The number of primary amides is 1. The lowest BCUT2D eigenvalue weighted by molar-refractivity contribution is -0.166. The van der Waals surface area contributed by atoms with E-state index in [0.29, 0.717) is 0 Å². The van der Waals surface area contributed by atoms with Crippen LogP contribution in [0.3, 0.4) is 0 Å². The van der Waals surface area contributed by atoms with Crippen LogP contribution in [0.5, 0.6) is 0 Å². The standard InChI is InChI=1S/C7H10F3N3O2/c8-7(9,10)6(1-2-6)12-3-4(14)13-5(11)15/h12H,1-3H2,(H3,11,13,14,15). The summed E-state index contributed by atoms with van der Waals surface area (Å²) in [6, 6.07) is -1.08. The number of imide groups is 1. The minimum Gasteiger partial charge on any atom is -0.351 e. The van der Waals surface area contributed by atoms with Crippen LogP contribution in [0.25, 0.3) is 0 Å². The SMILES string of the molecule is NC(=O)NC(=O)CNC1(C(F)(F)F)CC1. The first-order valence-electron chi connectivity index (χ1n) is 4.18. The molecule has 0 radical (unpaired) electrons. The van der Waals surface area contributed by atoms with Gasteiger partial charge in [0.15, 0.2) is 0 Å². The summed E-state index contributed by atoms with van der Waals surface area (Å²) in [6.07, 6.45) is -4.49. The Hall–Kier alpha value is -1.31. The van der Waals surface area contributed by atoms with Crippen molar-refractivity contribution in [1.29, 1.82) is 0 Å². The summed E-state index contributed by atoms with van der Waals surface area (Å²) in [5.41, 5.74) is 2.66. The third-order valence-corrected chi connectivity index (χ3v) is 2.14. The molecule has 0 bridgehead atoms. The summed E-state index contributed by atoms with van der Waals surface area (Å²) in [4.78, 5) is 21.0. The maximum atomic E-state index is 12.3. The lowest BCUT2D eigenvalue weighted by Gasteiger charge is -2.19. The van der Waals surface area contributed by atoms with Crippen molar-refractivity contribution in [1.82, 2.24) is 10.6 Å². The van der Waals surface area contributed by atoms with E-state index in [1.54, 1.807) is 5.32 Å². The predicted octanol–water partition coefficient (Wildman–Crippen LogP) is -0.134. The van der Waals surface area contributed by atoms with Gasteiger partial charge < -0.3 is 5.73 Å². The van der Waals surface area contributed by atoms with Crippen molar-refractivity contribution in [3.63, 3.8) is 0 Å². The fourth-order valence-electron chi connectivity index (χ4n) is 1.12. The Kier molecular flexibility index (Phi) is 2.89. The first-order chi connectivity index (χ1) is 6.77. The van der Waals surface area contributed by atoms with Crippen LogP contribution in [0.2, 0.25) is 0 Å². The van der Waals surface area contributed by atoms with Crippen molar-refractivity contribution in [2.75, 3.05) is 6.54 Å². The second-order valence-corrected chi connectivity index (χ2v) is 3.35. The van der Waals surface area contributed by atoms with Gasteiger partial charge in [0, 0.05) is 0 Å². The molecule has 8 heteroatoms. The van der Waals surface area contributed by atoms with E-state index in [0.717, 1.165) is 0 Å². The molecule has 0 spiro atoms. The molecule has 1 rings (SSSR count). The van der Waals surface area contributed by atoms with E-state index in [4.69, 9.17) is 0 Å². The molecule has 1 aliphatic rings. The van der Waals surface area contributed by atoms with E-state index in [2.05, 4.69) is 11.1 Å². The van der Waals surface area contributed by atoms with Crippen LogP contribution in [0.15, 0.2) is 0 Å². The van der Waals surface area contributed by atoms with Crippen molar-refractivity contribution in [3.8, 4) is 0 Å². The molecule has 5 nitrogen and oxygen atoms in total. The Labute approximate surface area is 83.2 Å². The number of rotatable bonds is 3. The monoisotopic (exact) mass is 225 g/mol. The quantitative estimate of drug-likeness (QED) is 0.625. The highest BCUT2D eigenvalue weighted by atomic mass is 19.4. The van der Waals surface area contributed by atoms with Gasteiger partial charge in [0.05, 0.1) is 6.54 Å². The molecule has 1 aliphatic carbocycles. The fourth-order valence-corrected chi connectivity index (χ4v) is 1.12. The van der Waals surface area contributed by atoms with Gasteiger partial charge >= 0.3 is 12.2 Å². The van der Waals surface area contributed by atoms with Crippen LogP contribution in [-0.2, 0) is 4.79 Å². The zero-order chi connectivity index (χ0) is 11.7. The fraction of sp³-hybridized carbons (Fsp3) is 0.714. The van der Waals surface area contributed by atoms with E-state index in [1.807, 2.05) is 0 Å². The van der Waals surface area contributed by atoms with Crippen LogP contribution in [0.4, 0.5) is 18.0 Å². The average molecular weight is 225 g/mol. The van der Waals surface area contributed by atoms with Gasteiger partial charge in [-0.1, -0.05) is 0 Å². The average Bonchev–Trinajstić information content (AvgIpc) is 2.78. The second-order valence-electron chi connectivity index (χ2n) is 3.35. The Bertz CT molecular complexity index is 286. The van der Waals surface area contributed by atoms with Gasteiger partial charge in [-0.3, -0.25) is 15.4 Å². The predicted molar refractivity (Wildman–Crippen MR) is 43.7 cm³/mol. The zero-order valence-corrected chi connectivity index (χ0v) is 7.65. The van der Waals surface area contributed by atoms with Gasteiger partial charge in [0.25, 0.3) is 0 Å². The third kappa shape index (κ3) is 2.82. The molecule has 0 atom stereocenters. The minimum absolute atomic E-state index is 0.0552. The van der Waals surface area contributed by atoms with E-state index >= 15 is 0 Å². The van der Waals surface area contributed by atoms with Crippen molar-refractivity contribution >= 4 is 11.9 Å². The van der Waals surface area contributed by atoms with E-state index < -0.39 is 30.2 Å². The lowest BCUT2D eigenvalue weighted by Crippen LogP contribution is -2.50. The van der Waals surface area contributed by atoms with Crippen LogP contribution in [-0.4, -0.2) is 30.2 Å². The van der Waals surface area contributed by atoms with Gasteiger partial charge in [-0.2, -0.15) is 13.2 Å². The van der Waals surface area contributed by atoms with Crippen molar-refractivity contribution < 1.29 is 22.8 Å². The second kappa shape index (κ2) is 3.69. The maximum Gasteiger partial charge on any atom is 0.406 e. The first kappa shape index (κ1) is 11.8. The number of carbonyl (C=O) groups excluding carboxylic acids is 2. The van der Waals surface area contributed by atoms with Crippen molar-refractivity contribution in [3.05, 3.63) is 0 Å². The highest BCUT2D eigenvalue weighted by Crippen LogP contribution is 2.48. The summed E-state index contributed by atoms with van der Waals surface area (Å²) in [5, 5.41) is 3.74. The summed E-state index contributed by atoms with van der Waals surface area (Å²) in [7, 11) is 0. The van der Waals surface area contributed by atoms with E-state index in [9.17, 15) is 22.8 Å². The van der Waals surface area contributed by atoms with Gasteiger partial charge in [0.2, 0.25) is 5.91 Å². The summed E-state index contributed by atoms with van der Waals surface area (Å²) >= 11 is 0. The number of hydrogen-bond acceptors (Lipinski definition) is 3. The Morgan fingerprint density at radius 1 is 1.33 bits per heavy atom. The van der Waals surface area contributed by atoms with Gasteiger partial charge in [0.1, 0.15) is 5.54 Å². The Morgan fingerprint density at radius 3 is 2.20 bits per heavy atom. The van der Waals surface area contributed by atoms with Crippen LogP contribution >= 0.6 is 0 Å². The first-order valence-corrected chi connectivity index (χ1v) is 4.18. The Morgan fingerprint density at radius 2 is 1.87 bits per heavy atom. The number of halogens is 3. The number of urea groups is 1. The molecule has 86 valence electrons. The lowest BCUT2D eigenvalue weighted by atomic mass is 10.2. The minimum atomic E-state index is -4.37. The topological polar surface area (TPSA) is 84.2 Å². The molecule has 3 amide bonds. The van der Waals surface area contributed by atoms with Crippen LogP contribution in [0.1, 0.15) is 12.8 Å². The molecule has 15 heavy (non-hydrogen) atoms. The number of amides is 3. The molecule has 1 saturated carbocycles. The summed E-state index contributed by atoms with van der Waals surface area (Å²) in [6.45, 7) is -0.581. The zero-order valence-electron chi connectivity index (χ0n) is 7.65. The number of nitrogens with one attached hydrogen (secondary N) is 2. The van der Waals surface area contributed by atoms with Crippen molar-refractivity contribution in [2.24, 2.45) is 5.73 Å². The maximum absolute atomic E-state index is 12.3. The number of carbonyl (C=O) groups is 2. The molecular weight excluding hydrogens is 215 g/mol. The van der Waals surface area contributed by atoms with Crippen molar-refractivity contribution in [2.45, 2.75) is 24.6 Å². The van der Waals surface area contributed by atoms with Crippen LogP contribution in [0, 0.1) is 0 Å². The highest BCUT2D eigenvalue weighted by Gasteiger charge is 2.63. The molecule has 0 unspecified atom stereocenters. The molecule has 4 N–H and O–H groups in total. The number of nitrogens with two attached hydrogens (primary N) is 1. The smallest absolute Gasteiger partial charge is 0.351 e. The van der Waals surface area contributed by atoms with E-state index in [-0.39, 0.29) is 12.8 Å². The normalized spacial score (nSPS) is 18.3. The Balaban J connectivity index is 2.38. The molecule has 0 aromatic heterocycles. The van der Waals surface area contributed by atoms with Gasteiger partial charge in [-0.25, -0.2) is 4.79 Å². The molecule has 0 aliphatic heterocycles. The molecule has 1 fully saturated rings. The van der Waals surface area contributed by atoms with Crippen LogP contribution < -0.4 is 16.4 Å². The summed E-state index contributed by atoms with van der Waals surface area (Å²) in [5.74, 6) is -0.877. The van der Waals surface area contributed by atoms with E-state index in [1.165, 1.54) is 0 Å². The third-order valence-electron chi connectivity index (χ3n) is 2.14. The van der Waals surface area contributed by atoms with Gasteiger partial charge in [-0.15, -0.1) is 0 Å². The summed E-state index contributed by atoms with van der Waals surface area (Å²) < 4.78 is 37.0. The molecule has 0 saturated heterocycles. The largest absolute Gasteiger partial charge is 0.406 e.